The number of rotatable bonds is 8. The van der Waals surface area contributed by atoms with Crippen molar-refractivity contribution in [1.82, 2.24) is 5.32 Å². The van der Waals surface area contributed by atoms with Gasteiger partial charge < -0.3 is 20.0 Å². The third-order valence-electron chi connectivity index (χ3n) is 2.63. The van der Waals surface area contributed by atoms with Crippen LogP contribution in [0.3, 0.4) is 0 Å². The molecule has 0 unspecified atom stereocenters. The molecule has 0 aromatic heterocycles. The molecule has 0 aliphatic heterocycles. The average molecular weight is 280 g/mol. The van der Waals surface area contributed by atoms with E-state index in [9.17, 15) is 4.79 Å². The largest absolute Gasteiger partial charge is 0.483 e. The fraction of sp³-hybridized carbons (Fsp3) is 0.429. The number of amides is 1. The van der Waals surface area contributed by atoms with Gasteiger partial charge in [0.05, 0.1) is 5.71 Å². The van der Waals surface area contributed by atoms with Crippen LogP contribution in [-0.2, 0) is 9.53 Å². The second-order valence-electron chi connectivity index (χ2n) is 4.17. The highest BCUT2D eigenvalue weighted by Gasteiger charge is 2.08. The molecule has 20 heavy (non-hydrogen) atoms. The highest BCUT2D eigenvalue weighted by atomic mass is 16.5. The van der Waals surface area contributed by atoms with Crippen LogP contribution in [0.5, 0.6) is 5.75 Å². The van der Waals surface area contributed by atoms with Crippen molar-refractivity contribution in [3.63, 3.8) is 0 Å². The van der Waals surface area contributed by atoms with Gasteiger partial charge in [-0.25, -0.2) is 0 Å². The van der Waals surface area contributed by atoms with Gasteiger partial charge in [-0.15, -0.1) is 0 Å². The first kappa shape index (κ1) is 16.0. The van der Waals surface area contributed by atoms with Gasteiger partial charge >= 0.3 is 0 Å². The summed E-state index contributed by atoms with van der Waals surface area (Å²) in [6.07, 6.45) is 0.759. The second-order valence-corrected chi connectivity index (χ2v) is 4.17. The van der Waals surface area contributed by atoms with Crippen molar-refractivity contribution in [2.45, 2.75) is 13.3 Å². The minimum atomic E-state index is -0.200. The molecule has 0 fully saturated rings. The first-order valence-corrected chi connectivity index (χ1v) is 6.35. The van der Waals surface area contributed by atoms with Crippen molar-refractivity contribution in [3.05, 3.63) is 29.8 Å². The van der Waals surface area contributed by atoms with Crippen LogP contribution in [0, 0.1) is 0 Å². The zero-order valence-electron chi connectivity index (χ0n) is 11.8. The number of nitrogens with zero attached hydrogens (tertiary/aromatic N) is 1. The maximum absolute atomic E-state index is 11.6. The number of oxime groups is 1. The average Bonchev–Trinajstić information content (AvgIpc) is 2.49. The monoisotopic (exact) mass is 280 g/mol. The van der Waals surface area contributed by atoms with Crippen molar-refractivity contribution in [3.8, 4) is 5.75 Å². The highest BCUT2D eigenvalue weighted by Crippen LogP contribution is 2.18. The van der Waals surface area contributed by atoms with Crippen LogP contribution in [0.25, 0.3) is 0 Å². The number of carbonyl (C=O) groups excluding carboxylic acids is 1. The Labute approximate surface area is 118 Å². The second kappa shape index (κ2) is 8.92. The van der Waals surface area contributed by atoms with Crippen LogP contribution in [0.2, 0.25) is 0 Å². The third-order valence-corrected chi connectivity index (χ3v) is 2.63. The lowest BCUT2D eigenvalue weighted by molar-refractivity contribution is -0.123. The molecular formula is C14H20N2O4. The zero-order valence-corrected chi connectivity index (χ0v) is 11.8. The molecule has 0 radical (unpaired) electrons. The van der Waals surface area contributed by atoms with E-state index in [1.54, 1.807) is 32.2 Å². The summed E-state index contributed by atoms with van der Waals surface area (Å²) in [7, 11) is 1.62. The molecule has 110 valence electrons. The summed E-state index contributed by atoms with van der Waals surface area (Å²) >= 11 is 0. The quantitative estimate of drug-likeness (QED) is 0.326. The van der Waals surface area contributed by atoms with Crippen molar-refractivity contribution in [2.24, 2.45) is 5.16 Å². The van der Waals surface area contributed by atoms with E-state index in [0.29, 0.717) is 30.2 Å². The molecule has 1 aromatic rings. The molecule has 0 aliphatic rings. The molecule has 0 saturated carbocycles. The Bertz CT molecular complexity index is 460. The van der Waals surface area contributed by atoms with Gasteiger partial charge in [-0.2, -0.15) is 0 Å². The number of methoxy groups -OCH3 is 1. The van der Waals surface area contributed by atoms with Crippen molar-refractivity contribution in [2.75, 3.05) is 26.9 Å². The van der Waals surface area contributed by atoms with E-state index in [-0.39, 0.29) is 12.5 Å². The molecule has 6 heteroatoms. The lowest BCUT2D eigenvalue weighted by Crippen LogP contribution is -2.30. The van der Waals surface area contributed by atoms with Crippen LogP contribution in [0.15, 0.2) is 29.4 Å². The predicted octanol–water partition coefficient (Wildman–Crippen LogP) is 1.42. The van der Waals surface area contributed by atoms with E-state index in [0.717, 1.165) is 6.42 Å². The summed E-state index contributed by atoms with van der Waals surface area (Å²) in [4.78, 5) is 11.6. The number of benzene rings is 1. The summed E-state index contributed by atoms with van der Waals surface area (Å²) in [5, 5.41) is 14.7. The molecule has 1 amide bonds. The van der Waals surface area contributed by atoms with E-state index in [2.05, 4.69) is 10.5 Å². The Morgan fingerprint density at radius 2 is 2.15 bits per heavy atom. The molecule has 1 aromatic carbocycles. The Balaban J connectivity index is 2.47. The maximum Gasteiger partial charge on any atom is 0.257 e. The Morgan fingerprint density at radius 1 is 1.40 bits per heavy atom. The molecule has 0 aliphatic carbocycles. The van der Waals surface area contributed by atoms with Crippen LogP contribution < -0.4 is 10.1 Å². The number of hydrogen-bond acceptors (Lipinski definition) is 5. The summed E-state index contributed by atoms with van der Waals surface area (Å²) in [6.45, 7) is 2.74. The van der Waals surface area contributed by atoms with E-state index in [1.807, 2.05) is 6.07 Å². The van der Waals surface area contributed by atoms with Gasteiger partial charge in [0.15, 0.2) is 6.61 Å². The lowest BCUT2D eigenvalue weighted by atomic mass is 10.1. The van der Waals surface area contributed by atoms with E-state index >= 15 is 0 Å². The predicted molar refractivity (Wildman–Crippen MR) is 75.4 cm³/mol. The zero-order chi connectivity index (χ0) is 14.8. The first-order valence-electron chi connectivity index (χ1n) is 6.35. The summed E-state index contributed by atoms with van der Waals surface area (Å²) in [6, 6.07) is 7.09. The lowest BCUT2D eigenvalue weighted by Gasteiger charge is -2.10. The fourth-order valence-corrected chi connectivity index (χ4v) is 1.58. The van der Waals surface area contributed by atoms with Crippen LogP contribution in [0.1, 0.15) is 18.9 Å². The number of para-hydroxylation sites is 1. The van der Waals surface area contributed by atoms with Gasteiger partial charge in [-0.3, -0.25) is 4.79 Å². The number of carbonyl (C=O) groups is 1. The van der Waals surface area contributed by atoms with Gasteiger partial charge in [-0.05, 0) is 25.5 Å². The van der Waals surface area contributed by atoms with E-state index in [1.165, 1.54) is 0 Å². The van der Waals surface area contributed by atoms with Crippen LogP contribution in [0.4, 0.5) is 0 Å². The number of nitrogens with one attached hydrogen (secondary N) is 1. The smallest absolute Gasteiger partial charge is 0.257 e. The standard InChI is InChI=1S/C14H20N2O4/c1-11(16-18)12-6-3-4-7-13(12)20-10-14(17)15-8-5-9-19-2/h3-4,6-7,18H,5,8-10H2,1-2H3,(H,15,17). The minimum absolute atomic E-state index is 0.0807. The van der Waals surface area contributed by atoms with E-state index in [4.69, 9.17) is 14.7 Å². The van der Waals surface area contributed by atoms with Gasteiger partial charge in [0.25, 0.3) is 5.91 Å². The van der Waals surface area contributed by atoms with Gasteiger partial charge in [0.2, 0.25) is 0 Å². The normalized spacial score (nSPS) is 11.2. The molecule has 0 spiro atoms. The topological polar surface area (TPSA) is 80.2 Å². The van der Waals surface area contributed by atoms with Crippen molar-refractivity contribution < 1.29 is 19.5 Å². The van der Waals surface area contributed by atoms with Crippen molar-refractivity contribution >= 4 is 11.6 Å². The van der Waals surface area contributed by atoms with Crippen molar-refractivity contribution in [1.29, 1.82) is 0 Å². The van der Waals surface area contributed by atoms with Gasteiger partial charge in [0.1, 0.15) is 5.75 Å². The van der Waals surface area contributed by atoms with Crippen LogP contribution in [-0.4, -0.2) is 43.7 Å². The summed E-state index contributed by atoms with van der Waals surface area (Å²) in [5.74, 6) is 0.310. The van der Waals surface area contributed by atoms with Gasteiger partial charge in [-0.1, -0.05) is 17.3 Å². The van der Waals surface area contributed by atoms with E-state index < -0.39 is 0 Å². The van der Waals surface area contributed by atoms with Gasteiger partial charge in [0, 0.05) is 25.8 Å². The first-order chi connectivity index (χ1) is 9.69. The molecule has 1 rings (SSSR count). The molecule has 0 saturated heterocycles. The molecule has 6 nitrogen and oxygen atoms in total. The molecule has 2 N–H and O–H groups in total. The summed E-state index contributed by atoms with van der Waals surface area (Å²) < 4.78 is 10.3. The molecule has 0 heterocycles. The SMILES string of the molecule is COCCCNC(=O)COc1ccccc1C(C)=NO. The Kier molecular flexibility index (Phi) is 7.13. The minimum Gasteiger partial charge on any atom is -0.483 e. The fourth-order valence-electron chi connectivity index (χ4n) is 1.58. The molecular weight excluding hydrogens is 260 g/mol. The van der Waals surface area contributed by atoms with Crippen LogP contribution >= 0.6 is 0 Å². The number of hydrogen-bond donors (Lipinski definition) is 2. The third kappa shape index (κ3) is 5.27. The Hall–Kier alpha value is -2.08. The summed E-state index contributed by atoms with van der Waals surface area (Å²) in [5.41, 5.74) is 1.09. The maximum atomic E-state index is 11.6. The molecule has 0 bridgehead atoms. The Morgan fingerprint density at radius 3 is 2.85 bits per heavy atom. The number of ether oxygens (including phenoxy) is 2. The molecule has 0 atom stereocenters. The highest BCUT2D eigenvalue weighted by molar-refractivity contribution is 6.00.